The highest BCUT2D eigenvalue weighted by molar-refractivity contribution is 5.97. The summed E-state index contributed by atoms with van der Waals surface area (Å²) in [7, 11) is 0. The Morgan fingerprint density at radius 1 is 1.21 bits per heavy atom. The number of nitrogens with zero attached hydrogens (tertiary/aromatic N) is 5. The fraction of sp³-hybridized carbons (Fsp3) is 0.455. The number of amides is 1. The SMILES string of the molecule is CCOC(=O)Cn1cnc2c(Nc3cc(C)c4n(c3=O)C3(CCCCC3)NC4=O)ncnc21. The first-order valence-corrected chi connectivity index (χ1v) is 11.1. The fourth-order valence-electron chi connectivity index (χ4n) is 4.90. The number of carbonyl (C=O) groups excluding carboxylic acids is 2. The van der Waals surface area contributed by atoms with Gasteiger partial charge in [-0.15, -0.1) is 0 Å². The van der Waals surface area contributed by atoms with Crippen LogP contribution in [0.2, 0.25) is 0 Å². The summed E-state index contributed by atoms with van der Waals surface area (Å²) in [5.74, 6) is -0.262. The Morgan fingerprint density at radius 3 is 2.76 bits per heavy atom. The van der Waals surface area contributed by atoms with Crippen LogP contribution in [0.1, 0.15) is 55.1 Å². The molecule has 1 aliphatic heterocycles. The molecule has 3 aromatic rings. The zero-order valence-corrected chi connectivity index (χ0v) is 18.6. The van der Waals surface area contributed by atoms with Crippen molar-refractivity contribution < 1.29 is 14.3 Å². The van der Waals surface area contributed by atoms with Crippen LogP contribution in [0.25, 0.3) is 11.2 Å². The van der Waals surface area contributed by atoms with Gasteiger partial charge in [-0.2, -0.15) is 0 Å². The summed E-state index contributed by atoms with van der Waals surface area (Å²) in [5, 5.41) is 6.18. The predicted octanol–water partition coefficient (Wildman–Crippen LogP) is 1.96. The Morgan fingerprint density at radius 2 is 2.00 bits per heavy atom. The van der Waals surface area contributed by atoms with Crippen LogP contribution in [-0.2, 0) is 21.7 Å². The van der Waals surface area contributed by atoms with Gasteiger partial charge in [0.2, 0.25) is 0 Å². The van der Waals surface area contributed by atoms with Crippen molar-refractivity contribution in [3.8, 4) is 0 Å². The summed E-state index contributed by atoms with van der Waals surface area (Å²) in [6.45, 7) is 3.82. The zero-order valence-electron chi connectivity index (χ0n) is 18.6. The minimum absolute atomic E-state index is 0.0301. The van der Waals surface area contributed by atoms with Crippen LogP contribution in [0.4, 0.5) is 11.5 Å². The maximum absolute atomic E-state index is 13.6. The summed E-state index contributed by atoms with van der Waals surface area (Å²) in [5.41, 5.74) is 1.33. The van der Waals surface area contributed by atoms with Crippen LogP contribution in [0.5, 0.6) is 0 Å². The van der Waals surface area contributed by atoms with Crippen molar-refractivity contribution in [2.45, 2.75) is 58.2 Å². The number of hydrogen-bond donors (Lipinski definition) is 2. The molecule has 0 saturated heterocycles. The van der Waals surface area contributed by atoms with Crippen molar-refractivity contribution in [3.63, 3.8) is 0 Å². The molecule has 4 heterocycles. The van der Waals surface area contributed by atoms with Gasteiger partial charge in [-0.1, -0.05) is 6.42 Å². The van der Waals surface area contributed by atoms with E-state index in [4.69, 9.17) is 4.74 Å². The van der Waals surface area contributed by atoms with Gasteiger partial charge in [0.1, 0.15) is 29.9 Å². The summed E-state index contributed by atoms with van der Waals surface area (Å²) in [4.78, 5) is 51.0. The molecule has 0 radical (unpaired) electrons. The average Bonchev–Trinajstić information content (AvgIpc) is 3.32. The second kappa shape index (κ2) is 7.98. The van der Waals surface area contributed by atoms with Gasteiger partial charge in [0.15, 0.2) is 17.0 Å². The molecule has 2 aliphatic rings. The molecule has 0 aromatic carbocycles. The molecule has 1 aliphatic carbocycles. The summed E-state index contributed by atoms with van der Waals surface area (Å²) in [6.07, 6.45) is 7.28. The van der Waals surface area contributed by atoms with Crippen molar-refractivity contribution in [2.75, 3.05) is 11.9 Å². The first-order chi connectivity index (χ1) is 15.9. The van der Waals surface area contributed by atoms with Crippen LogP contribution >= 0.6 is 0 Å². The van der Waals surface area contributed by atoms with E-state index in [0.717, 1.165) is 32.1 Å². The third-order valence-electron chi connectivity index (χ3n) is 6.32. The Labute approximate surface area is 189 Å². The van der Waals surface area contributed by atoms with Crippen LogP contribution in [0, 0.1) is 6.92 Å². The van der Waals surface area contributed by atoms with Crippen molar-refractivity contribution in [1.29, 1.82) is 0 Å². The van der Waals surface area contributed by atoms with Gasteiger partial charge in [-0.3, -0.25) is 19.0 Å². The normalized spacial score (nSPS) is 16.6. The van der Waals surface area contributed by atoms with E-state index in [-0.39, 0.29) is 24.6 Å². The largest absolute Gasteiger partial charge is 0.465 e. The van der Waals surface area contributed by atoms with E-state index >= 15 is 0 Å². The average molecular weight is 451 g/mol. The minimum Gasteiger partial charge on any atom is -0.465 e. The Kier molecular flexibility index (Phi) is 5.10. The van der Waals surface area contributed by atoms with Crippen molar-refractivity contribution in [2.24, 2.45) is 0 Å². The van der Waals surface area contributed by atoms with Crippen LogP contribution in [-0.4, -0.2) is 42.6 Å². The number of hydrogen-bond acceptors (Lipinski definition) is 8. The molecular formula is C22H25N7O4. The highest BCUT2D eigenvalue weighted by atomic mass is 16.5. The van der Waals surface area contributed by atoms with Crippen LogP contribution < -0.4 is 16.2 Å². The van der Waals surface area contributed by atoms with E-state index in [9.17, 15) is 14.4 Å². The maximum atomic E-state index is 13.6. The van der Waals surface area contributed by atoms with E-state index in [1.54, 1.807) is 22.1 Å². The predicted molar refractivity (Wildman–Crippen MR) is 119 cm³/mol. The van der Waals surface area contributed by atoms with Crippen molar-refractivity contribution >= 4 is 34.5 Å². The Balaban J connectivity index is 1.55. The van der Waals surface area contributed by atoms with E-state index in [2.05, 4.69) is 25.6 Å². The minimum atomic E-state index is -0.674. The number of carbonyl (C=O) groups is 2. The number of esters is 1. The number of aryl methyl sites for hydroxylation is 1. The number of rotatable bonds is 5. The van der Waals surface area contributed by atoms with Crippen LogP contribution in [0.15, 0.2) is 23.5 Å². The molecule has 1 fully saturated rings. The highest BCUT2D eigenvalue weighted by Crippen LogP contribution is 2.37. The molecule has 1 spiro atoms. The first-order valence-electron chi connectivity index (χ1n) is 11.1. The molecule has 172 valence electrons. The second-order valence-electron chi connectivity index (χ2n) is 8.47. The number of aromatic nitrogens is 5. The van der Waals surface area contributed by atoms with Gasteiger partial charge >= 0.3 is 5.97 Å². The van der Waals surface area contributed by atoms with Crippen LogP contribution in [0.3, 0.4) is 0 Å². The standard InChI is InChI=1S/C22H25N7O4/c1-3-33-15(30)10-28-12-25-16-18(23-11-24-19(16)28)26-14-9-13(2)17-20(31)27-22(29(17)21(14)32)7-5-4-6-8-22/h9,11-12H,3-8,10H2,1-2H3,(H,27,31)(H,23,24,26). The molecule has 3 aromatic heterocycles. The van der Waals surface area contributed by atoms with Gasteiger partial charge < -0.3 is 19.9 Å². The lowest BCUT2D eigenvalue weighted by Crippen LogP contribution is -2.48. The lowest BCUT2D eigenvalue weighted by Gasteiger charge is -2.35. The molecule has 0 unspecified atom stereocenters. The van der Waals surface area contributed by atoms with E-state index in [1.165, 1.54) is 12.7 Å². The van der Waals surface area contributed by atoms with Gasteiger partial charge in [-0.05, 0) is 51.2 Å². The highest BCUT2D eigenvalue weighted by Gasteiger charge is 2.45. The van der Waals surface area contributed by atoms with E-state index in [0.29, 0.717) is 33.9 Å². The molecule has 0 atom stereocenters. The number of fused-ring (bicyclic) bond motifs is 3. The quantitative estimate of drug-likeness (QED) is 0.563. The summed E-state index contributed by atoms with van der Waals surface area (Å²) >= 11 is 0. The second-order valence-corrected chi connectivity index (χ2v) is 8.47. The molecular weight excluding hydrogens is 426 g/mol. The molecule has 33 heavy (non-hydrogen) atoms. The number of imidazole rings is 1. The van der Waals surface area contributed by atoms with Crippen molar-refractivity contribution in [1.82, 2.24) is 29.4 Å². The lowest BCUT2D eigenvalue weighted by molar-refractivity contribution is -0.143. The number of pyridine rings is 1. The van der Waals surface area contributed by atoms with Gasteiger partial charge in [0.05, 0.1) is 12.9 Å². The molecule has 1 saturated carbocycles. The number of ether oxygens (including phenoxy) is 1. The number of anilines is 2. The summed E-state index contributed by atoms with van der Waals surface area (Å²) < 4.78 is 8.20. The fourth-order valence-corrected chi connectivity index (χ4v) is 4.90. The van der Waals surface area contributed by atoms with E-state index in [1.807, 2.05) is 6.92 Å². The molecule has 11 nitrogen and oxygen atoms in total. The Hall–Kier alpha value is -3.76. The summed E-state index contributed by atoms with van der Waals surface area (Å²) in [6, 6.07) is 1.67. The van der Waals surface area contributed by atoms with E-state index < -0.39 is 11.6 Å². The monoisotopic (exact) mass is 451 g/mol. The van der Waals surface area contributed by atoms with Gasteiger partial charge in [0, 0.05) is 0 Å². The first kappa shape index (κ1) is 21.1. The third kappa shape index (κ3) is 3.43. The molecule has 5 rings (SSSR count). The third-order valence-corrected chi connectivity index (χ3v) is 6.32. The zero-order chi connectivity index (χ0) is 23.2. The molecule has 11 heteroatoms. The Bertz CT molecular complexity index is 1320. The topological polar surface area (TPSA) is 133 Å². The molecule has 0 bridgehead atoms. The molecule has 2 N–H and O–H groups in total. The van der Waals surface area contributed by atoms with Gasteiger partial charge in [-0.25, -0.2) is 15.0 Å². The number of nitrogens with one attached hydrogen (secondary N) is 2. The lowest BCUT2D eigenvalue weighted by atomic mass is 9.89. The maximum Gasteiger partial charge on any atom is 0.326 e. The van der Waals surface area contributed by atoms with Gasteiger partial charge in [0.25, 0.3) is 11.5 Å². The smallest absolute Gasteiger partial charge is 0.326 e. The van der Waals surface area contributed by atoms with Crippen molar-refractivity contribution in [3.05, 3.63) is 40.3 Å². The molecule has 1 amide bonds.